The van der Waals surface area contributed by atoms with Gasteiger partial charge in [0.15, 0.2) is 5.82 Å². The van der Waals surface area contributed by atoms with Crippen LogP contribution in [0.4, 0.5) is 0 Å². The molecule has 1 aromatic heterocycles. The largest absolute Gasteiger partial charge is 0.236 e. The van der Waals surface area contributed by atoms with Gasteiger partial charge in [0.1, 0.15) is 0 Å². The molecular formula is C25H29N3. The van der Waals surface area contributed by atoms with Gasteiger partial charge < -0.3 is 0 Å². The second-order valence-corrected chi connectivity index (χ2v) is 7.50. The molecule has 0 spiro atoms. The smallest absolute Gasteiger partial charge is 0.159 e. The first kappa shape index (κ1) is 20.0. The number of aryl methyl sites for hydroxylation is 1. The Morgan fingerprint density at radius 1 is 0.857 bits per heavy atom. The molecule has 28 heavy (non-hydrogen) atoms. The molecule has 0 N–H and O–H groups in total. The monoisotopic (exact) mass is 371 g/mol. The number of nitrogens with zero attached hydrogens (tertiary/aromatic N) is 3. The third-order valence-corrected chi connectivity index (χ3v) is 5.24. The summed E-state index contributed by atoms with van der Waals surface area (Å²) in [7, 11) is 0. The van der Waals surface area contributed by atoms with Crippen LogP contribution in [-0.4, -0.2) is 9.97 Å². The fourth-order valence-corrected chi connectivity index (χ4v) is 3.53. The van der Waals surface area contributed by atoms with Crippen molar-refractivity contribution < 1.29 is 0 Å². The Kier molecular flexibility index (Phi) is 7.55. The minimum absolute atomic E-state index is 0.633. The predicted molar refractivity (Wildman–Crippen MR) is 116 cm³/mol. The molecule has 0 saturated heterocycles. The molecular weight excluding hydrogens is 342 g/mol. The zero-order valence-electron chi connectivity index (χ0n) is 16.8. The lowest BCUT2D eigenvalue weighted by Crippen LogP contribution is -1.92. The third kappa shape index (κ3) is 5.63. The summed E-state index contributed by atoms with van der Waals surface area (Å²) in [4.78, 5) is 9.13. The summed E-state index contributed by atoms with van der Waals surface area (Å²) in [6, 6.07) is 16.3. The van der Waals surface area contributed by atoms with Crippen molar-refractivity contribution in [1.82, 2.24) is 9.97 Å². The molecule has 3 aromatic rings. The molecule has 1 heterocycles. The van der Waals surface area contributed by atoms with Crippen LogP contribution in [0.2, 0.25) is 0 Å². The van der Waals surface area contributed by atoms with E-state index in [9.17, 15) is 0 Å². The lowest BCUT2D eigenvalue weighted by atomic mass is 10.0. The summed E-state index contributed by atoms with van der Waals surface area (Å²) < 4.78 is 0. The van der Waals surface area contributed by atoms with Crippen molar-refractivity contribution in [3.8, 4) is 17.5 Å². The number of hydrogen-bond donors (Lipinski definition) is 0. The van der Waals surface area contributed by atoms with Gasteiger partial charge in [0.25, 0.3) is 0 Å². The van der Waals surface area contributed by atoms with E-state index in [-0.39, 0.29) is 0 Å². The summed E-state index contributed by atoms with van der Waals surface area (Å²) in [6.45, 7) is 2.27. The fourth-order valence-electron chi connectivity index (χ4n) is 3.53. The van der Waals surface area contributed by atoms with Crippen LogP contribution in [0.1, 0.15) is 69.4 Å². The Morgan fingerprint density at radius 2 is 1.57 bits per heavy atom. The molecule has 3 rings (SSSR count). The quantitative estimate of drug-likeness (QED) is 0.366. The number of aromatic nitrogens is 2. The second-order valence-electron chi connectivity index (χ2n) is 7.50. The maximum atomic E-state index is 9.00. The van der Waals surface area contributed by atoms with Crippen molar-refractivity contribution >= 4 is 10.9 Å². The molecule has 0 amide bonds. The van der Waals surface area contributed by atoms with Gasteiger partial charge in [0.05, 0.1) is 17.1 Å². The lowest BCUT2D eigenvalue weighted by molar-refractivity contribution is 0.575. The van der Waals surface area contributed by atoms with E-state index in [1.807, 2.05) is 12.1 Å². The van der Waals surface area contributed by atoms with Crippen LogP contribution < -0.4 is 0 Å². The van der Waals surface area contributed by atoms with Gasteiger partial charge in [-0.3, -0.25) is 0 Å². The SMILES string of the molecule is CCCCCCCCCCc1ccc(-c2ncc3cc(C#N)ccc3n2)cc1. The van der Waals surface area contributed by atoms with Crippen LogP contribution in [0.3, 0.4) is 0 Å². The van der Waals surface area contributed by atoms with Crippen LogP contribution in [0.25, 0.3) is 22.3 Å². The maximum Gasteiger partial charge on any atom is 0.159 e. The van der Waals surface area contributed by atoms with Crippen LogP contribution >= 0.6 is 0 Å². The predicted octanol–water partition coefficient (Wildman–Crippen LogP) is 6.85. The molecule has 0 fully saturated rings. The number of unbranched alkanes of at least 4 members (excludes halogenated alkanes) is 7. The van der Waals surface area contributed by atoms with E-state index in [1.165, 1.54) is 56.9 Å². The number of hydrogen-bond acceptors (Lipinski definition) is 3. The van der Waals surface area contributed by atoms with Crippen molar-refractivity contribution in [2.45, 2.75) is 64.7 Å². The average Bonchev–Trinajstić information content (AvgIpc) is 2.75. The maximum absolute atomic E-state index is 9.00. The molecule has 0 aliphatic carbocycles. The minimum Gasteiger partial charge on any atom is -0.236 e. The van der Waals surface area contributed by atoms with Crippen molar-refractivity contribution in [2.24, 2.45) is 0 Å². The van der Waals surface area contributed by atoms with Gasteiger partial charge in [-0.25, -0.2) is 9.97 Å². The average molecular weight is 372 g/mol. The molecule has 3 nitrogen and oxygen atoms in total. The van der Waals surface area contributed by atoms with Crippen molar-refractivity contribution in [1.29, 1.82) is 5.26 Å². The fraction of sp³-hybridized carbons (Fsp3) is 0.400. The van der Waals surface area contributed by atoms with Gasteiger partial charge in [-0.05, 0) is 36.6 Å². The van der Waals surface area contributed by atoms with Crippen LogP contribution in [0, 0.1) is 11.3 Å². The topological polar surface area (TPSA) is 49.6 Å². The van der Waals surface area contributed by atoms with Crippen LogP contribution in [0.15, 0.2) is 48.7 Å². The summed E-state index contributed by atoms with van der Waals surface area (Å²) in [6.07, 6.45) is 13.8. The Hall–Kier alpha value is -2.73. The van der Waals surface area contributed by atoms with Crippen molar-refractivity contribution in [3.05, 3.63) is 59.8 Å². The van der Waals surface area contributed by atoms with Gasteiger partial charge in [-0.1, -0.05) is 76.1 Å². The highest BCUT2D eigenvalue weighted by Gasteiger charge is 2.04. The molecule has 3 heteroatoms. The minimum atomic E-state index is 0.633. The molecule has 0 atom stereocenters. The molecule has 0 unspecified atom stereocenters. The van der Waals surface area contributed by atoms with Gasteiger partial charge in [0, 0.05) is 17.1 Å². The molecule has 0 bridgehead atoms. The molecule has 0 saturated carbocycles. The first-order valence-corrected chi connectivity index (χ1v) is 10.6. The zero-order valence-corrected chi connectivity index (χ0v) is 16.8. The van der Waals surface area contributed by atoms with E-state index in [0.29, 0.717) is 5.56 Å². The standard InChI is InChI=1S/C25H29N3/c1-2-3-4-5-6-7-8-9-10-20-11-14-22(15-12-20)25-27-19-23-17-21(18-26)13-16-24(23)28-25/h11-17,19H,2-10H2,1H3. The Morgan fingerprint density at radius 3 is 2.29 bits per heavy atom. The van der Waals surface area contributed by atoms with Gasteiger partial charge in [0.2, 0.25) is 0 Å². The van der Waals surface area contributed by atoms with Crippen LogP contribution in [-0.2, 0) is 6.42 Å². The van der Waals surface area contributed by atoms with E-state index in [4.69, 9.17) is 5.26 Å². The van der Waals surface area contributed by atoms with E-state index in [0.717, 1.165) is 28.7 Å². The number of benzene rings is 2. The van der Waals surface area contributed by atoms with E-state index in [2.05, 4.69) is 47.2 Å². The van der Waals surface area contributed by atoms with E-state index >= 15 is 0 Å². The summed E-state index contributed by atoms with van der Waals surface area (Å²) >= 11 is 0. The highest BCUT2D eigenvalue weighted by molar-refractivity contribution is 5.81. The normalized spacial score (nSPS) is 10.9. The van der Waals surface area contributed by atoms with Crippen molar-refractivity contribution in [3.63, 3.8) is 0 Å². The molecule has 0 aliphatic rings. The summed E-state index contributed by atoms with van der Waals surface area (Å²) in [5.41, 5.74) is 3.92. The Balaban J connectivity index is 1.51. The van der Waals surface area contributed by atoms with Gasteiger partial charge in [-0.2, -0.15) is 5.26 Å². The summed E-state index contributed by atoms with van der Waals surface area (Å²) in [5, 5.41) is 9.90. The zero-order chi connectivity index (χ0) is 19.6. The Labute approximate surface area is 168 Å². The molecule has 144 valence electrons. The molecule has 0 aliphatic heterocycles. The Bertz CT molecular complexity index is 923. The molecule has 2 aromatic carbocycles. The highest BCUT2D eigenvalue weighted by Crippen LogP contribution is 2.20. The lowest BCUT2D eigenvalue weighted by Gasteiger charge is -2.05. The van der Waals surface area contributed by atoms with Gasteiger partial charge in [-0.15, -0.1) is 0 Å². The highest BCUT2D eigenvalue weighted by atomic mass is 14.9. The van der Waals surface area contributed by atoms with Crippen molar-refractivity contribution in [2.75, 3.05) is 0 Å². The third-order valence-electron chi connectivity index (χ3n) is 5.24. The summed E-state index contributed by atoms with van der Waals surface area (Å²) in [5.74, 6) is 0.732. The number of nitriles is 1. The van der Waals surface area contributed by atoms with E-state index in [1.54, 1.807) is 12.3 Å². The number of fused-ring (bicyclic) bond motifs is 1. The molecule has 0 radical (unpaired) electrons. The number of rotatable bonds is 10. The first-order chi connectivity index (χ1) is 13.8. The van der Waals surface area contributed by atoms with Gasteiger partial charge >= 0.3 is 0 Å². The first-order valence-electron chi connectivity index (χ1n) is 10.6. The second kappa shape index (κ2) is 10.6. The van der Waals surface area contributed by atoms with Crippen LogP contribution in [0.5, 0.6) is 0 Å². The van der Waals surface area contributed by atoms with E-state index < -0.39 is 0 Å².